The van der Waals surface area contributed by atoms with Gasteiger partial charge in [0.2, 0.25) is 5.91 Å². The zero-order valence-electron chi connectivity index (χ0n) is 11.3. The van der Waals surface area contributed by atoms with Crippen molar-refractivity contribution in [1.82, 2.24) is 4.90 Å². The predicted octanol–water partition coefficient (Wildman–Crippen LogP) is 2.96. The Hall–Kier alpha value is -1.04. The van der Waals surface area contributed by atoms with E-state index in [2.05, 4.69) is 13.0 Å². The Kier molecular flexibility index (Phi) is 4.99. The summed E-state index contributed by atoms with van der Waals surface area (Å²) in [5.74, 6) is 0.902. The van der Waals surface area contributed by atoms with Gasteiger partial charge < -0.3 is 4.90 Å². The lowest BCUT2D eigenvalue weighted by molar-refractivity contribution is -0.134. The Balaban J connectivity index is 2.57. The molecule has 96 valence electrons. The molecule has 0 unspecified atom stereocenters. The lowest BCUT2D eigenvalue weighted by Gasteiger charge is -2.33. The Morgan fingerprint density at radius 1 is 1.35 bits per heavy atom. The summed E-state index contributed by atoms with van der Waals surface area (Å²) in [7, 11) is 0. The summed E-state index contributed by atoms with van der Waals surface area (Å²) >= 11 is 0. The van der Waals surface area contributed by atoms with Crippen LogP contribution in [0.2, 0.25) is 0 Å². The minimum Gasteiger partial charge on any atom is -0.343 e. The van der Waals surface area contributed by atoms with E-state index >= 15 is 0 Å². The molecule has 1 amide bonds. The number of likely N-dealkylation sites (tertiary alicyclic amines) is 1. The van der Waals surface area contributed by atoms with E-state index in [0.29, 0.717) is 6.42 Å². The van der Waals surface area contributed by atoms with Crippen LogP contribution in [0, 0.1) is 22.7 Å². The molecule has 3 heteroatoms. The molecule has 1 heterocycles. The Morgan fingerprint density at radius 3 is 2.29 bits per heavy atom. The maximum Gasteiger partial charge on any atom is 0.224 e. The highest BCUT2D eigenvalue weighted by Gasteiger charge is 2.32. The quantitative estimate of drug-likeness (QED) is 0.753. The fourth-order valence-electron chi connectivity index (χ4n) is 2.36. The summed E-state index contributed by atoms with van der Waals surface area (Å²) < 4.78 is 0. The van der Waals surface area contributed by atoms with Gasteiger partial charge in [0.05, 0.1) is 11.5 Å². The Labute approximate surface area is 105 Å². The molecule has 1 aliphatic rings. The normalized spacial score (nSPS) is 17.9. The summed E-state index contributed by atoms with van der Waals surface area (Å²) in [6.45, 7) is 7.97. The molecule has 0 aromatic rings. The van der Waals surface area contributed by atoms with Gasteiger partial charge in [-0.05, 0) is 31.6 Å². The molecule has 1 rings (SSSR count). The molecule has 1 saturated heterocycles. The number of carbonyl (C=O) groups is 1. The number of nitriles is 1. The second-order valence-corrected chi connectivity index (χ2v) is 5.34. The molecule has 0 aromatic heterocycles. The van der Waals surface area contributed by atoms with Crippen LogP contribution in [0.3, 0.4) is 0 Å². The number of rotatable bonds is 4. The molecule has 0 aromatic carbocycles. The van der Waals surface area contributed by atoms with Crippen LogP contribution in [0.5, 0.6) is 0 Å². The zero-order valence-corrected chi connectivity index (χ0v) is 11.3. The number of hydrogen-bond donors (Lipinski definition) is 0. The van der Waals surface area contributed by atoms with E-state index in [1.54, 1.807) is 0 Å². The van der Waals surface area contributed by atoms with Crippen molar-refractivity contribution in [1.29, 1.82) is 5.26 Å². The fourth-order valence-corrected chi connectivity index (χ4v) is 2.36. The van der Waals surface area contributed by atoms with Gasteiger partial charge in [-0.15, -0.1) is 0 Å². The first-order valence-electron chi connectivity index (χ1n) is 6.76. The Bertz CT molecular complexity index is 294. The lowest BCUT2D eigenvalue weighted by atomic mass is 9.80. The molecular weight excluding hydrogens is 212 g/mol. The first-order chi connectivity index (χ1) is 8.06. The van der Waals surface area contributed by atoms with Crippen molar-refractivity contribution in [3.8, 4) is 6.07 Å². The third-order valence-electron chi connectivity index (χ3n) is 4.22. The van der Waals surface area contributed by atoms with Crippen LogP contribution in [0.25, 0.3) is 0 Å². The third-order valence-corrected chi connectivity index (χ3v) is 4.22. The minimum atomic E-state index is -0.444. The number of piperidine rings is 1. The summed E-state index contributed by atoms with van der Waals surface area (Å²) in [6.07, 6.45) is 4.12. The zero-order chi connectivity index (χ0) is 12.9. The second kappa shape index (κ2) is 6.05. The van der Waals surface area contributed by atoms with Gasteiger partial charge in [-0.1, -0.05) is 20.8 Å². The number of nitrogens with zero attached hydrogens (tertiary/aromatic N) is 2. The van der Waals surface area contributed by atoms with Crippen molar-refractivity contribution < 1.29 is 4.79 Å². The van der Waals surface area contributed by atoms with Gasteiger partial charge in [0.15, 0.2) is 0 Å². The molecule has 0 saturated carbocycles. The topological polar surface area (TPSA) is 44.1 Å². The summed E-state index contributed by atoms with van der Waals surface area (Å²) in [5.41, 5.74) is -0.444. The fraction of sp³-hybridized carbons (Fsp3) is 0.857. The van der Waals surface area contributed by atoms with Gasteiger partial charge in [-0.2, -0.15) is 5.26 Å². The van der Waals surface area contributed by atoms with E-state index in [0.717, 1.165) is 44.7 Å². The molecule has 17 heavy (non-hydrogen) atoms. The standard InChI is InChI=1S/C14H24N2O/c1-4-14(5-2,11-15)10-13(17)16-8-6-12(3)7-9-16/h12H,4-10H2,1-3H3. The van der Waals surface area contributed by atoms with Crippen LogP contribution >= 0.6 is 0 Å². The largest absolute Gasteiger partial charge is 0.343 e. The van der Waals surface area contributed by atoms with Crippen LogP contribution in [0.1, 0.15) is 52.9 Å². The van der Waals surface area contributed by atoms with Crippen LogP contribution in [0.15, 0.2) is 0 Å². The van der Waals surface area contributed by atoms with Gasteiger partial charge in [0, 0.05) is 19.5 Å². The van der Waals surface area contributed by atoms with Crippen molar-refractivity contribution in [2.24, 2.45) is 11.3 Å². The van der Waals surface area contributed by atoms with E-state index in [9.17, 15) is 10.1 Å². The molecule has 3 nitrogen and oxygen atoms in total. The molecular formula is C14H24N2O. The monoisotopic (exact) mass is 236 g/mol. The SMILES string of the molecule is CCC(C#N)(CC)CC(=O)N1CCC(C)CC1. The highest BCUT2D eigenvalue weighted by atomic mass is 16.2. The lowest BCUT2D eigenvalue weighted by Crippen LogP contribution is -2.40. The number of carbonyl (C=O) groups excluding carboxylic acids is 1. The van der Waals surface area contributed by atoms with Crippen molar-refractivity contribution in [3.05, 3.63) is 0 Å². The van der Waals surface area contributed by atoms with E-state index in [1.807, 2.05) is 18.7 Å². The molecule has 0 aliphatic carbocycles. The van der Waals surface area contributed by atoms with E-state index < -0.39 is 5.41 Å². The minimum absolute atomic E-state index is 0.169. The van der Waals surface area contributed by atoms with E-state index in [4.69, 9.17) is 0 Å². The molecule has 0 spiro atoms. The van der Waals surface area contributed by atoms with Crippen molar-refractivity contribution in [2.45, 2.75) is 52.9 Å². The van der Waals surface area contributed by atoms with Gasteiger partial charge in [0.25, 0.3) is 0 Å². The average molecular weight is 236 g/mol. The van der Waals surface area contributed by atoms with Gasteiger partial charge in [0.1, 0.15) is 0 Å². The van der Waals surface area contributed by atoms with Gasteiger partial charge in [-0.25, -0.2) is 0 Å². The first-order valence-corrected chi connectivity index (χ1v) is 6.76. The van der Waals surface area contributed by atoms with Crippen LogP contribution in [0.4, 0.5) is 0 Å². The average Bonchev–Trinajstić information content (AvgIpc) is 2.37. The maximum absolute atomic E-state index is 12.2. The van der Waals surface area contributed by atoms with Crippen molar-refractivity contribution >= 4 is 5.91 Å². The molecule has 0 N–H and O–H groups in total. The third kappa shape index (κ3) is 3.46. The second-order valence-electron chi connectivity index (χ2n) is 5.34. The molecule has 1 aliphatic heterocycles. The van der Waals surface area contributed by atoms with Crippen LogP contribution < -0.4 is 0 Å². The molecule has 0 atom stereocenters. The highest BCUT2D eigenvalue weighted by molar-refractivity contribution is 5.77. The van der Waals surface area contributed by atoms with Gasteiger partial charge >= 0.3 is 0 Å². The molecule has 1 fully saturated rings. The highest BCUT2D eigenvalue weighted by Crippen LogP contribution is 2.31. The van der Waals surface area contributed by atoms with Gasteiger partial charge in [-0.3, -0.25) is 4.79 Å². The first kappa shape index (κ1) is 14.0. The summed E-state index contributed by atoms with van der Waals surface area (Å²) in [5, 5.41) is 9.25. The van der Waals surface area contributed by atoms with Crippen molar-refractivity contribution in [2.75, 3.05) is 13.1 Å². The Morgan fingerprint density at radius 2 is 1.88 bits per heavy atom. The predicted molar refractivity (Wildman–Crippen MR) is 68.2 cm³/mol. The van der Waals surface area contributed by atoms with E-state index in [1.165, 1.54) is 0 Å². The van der Waals surface area contributed by atoms with Crippen LogP contribution in [-0.2, 0) is 4.79 Å². The smallest absolute Gasteiger partial charge is 0.224 e. The summed E-state index contributed by atoms with van der Waals surface area (Å²) in [4.78, 5) is 14.1. The maximum atomic E-state index is 12.2. The summed E-state index contributed by atoms with van der Waals surface area (Å²) in [6, 6.07) is 2.35. The molecule has 0 bridgehead atoms. The van der Waals surface area contributed by atoms with E-state index in [-0.39, 0.29) is 5.91 Å². The molecule has 0 radical (unpaired) electrons. The van der Waals surface area contributed by atoms with Crippen molar-refractivity contribution in [3.63, 3.8) is 0 Å². The van der Waals surface area contributed by atoms with Crippen LogP contribution in [-0.4, -0.2) is 23.9 Å². The number of hydrogen-bond acceptors (Lipinski definition) is 2. The number of amides is 1.